The SMILES string of the molecule is CC(C)(C)C(=O)N1CCCC1CC(=O)O. The summed E-state index contributed by atoms with van der Waals surface area (Å²) in [5.74, 6) is -0.764. The summed E-state index contributed by atoms with van der Waals surface area (Å²) in [6.07, 6.45) is 1.80. The monoisotopic (exact) mass is 213 g/mol. The van der Waals surface area contributed by atoms with Gasteiger partial charge in [0, 0.05) is 18.0 Å². The van der Waals surface area contributed by atoms with E-state index in [4.69, 9.17) is 5.11 Å². The third-order valence-corrected chi connectivity index (χ3v) is 2.69. The van der Waals surface area contributed by atoms with Gasteiger partial charge in [0.1, 0.15) is 0 Å². The highest BCUT2D eigenvalue weighted by molar-refractivity contribution is 5.82. The molecular formula is C11H19NO3. The van der Waals surface area contributed by atoms with Crippen LogP contribution in [0.4, 0.5) is 0 Å². The summed E-state index contributed by atoms with van der Waals surface area (Å²) in [6.45, 7) is 6.30. The Morgan fingerprint density at radius 1 is 1.40 bits per heavy atom. The van der Waals surface area contributed by atoms with Gasteiger partial charge in [-0.2, -0.15) is 0 Å². The van der Waals surface area contributed by atoms with E-state index >= 15 is 0 Å². The van der Waals surface area contributed by atoms with Crippen molar-refractivity contribution in [2.45, 2.75) is 46.1 Å². The molecule has 4 heteroatoms. The third kappa shape index (κ3) is 2.94. The normalized spacial score (nSPS) is 21.8. The Hall–Kier alpha value is -1.06. The summed E-state index contributed by atoms with van der Waals surface area (Å²) in [5, 5.41) is 8.74. The number of likely N-dealkylation sites (tertiary alicyclic amines) is 1. The molecule has 15 heavy (non-hydrogen) atoms. The number of carboxylic acids is 1. The predicted octanol–water partition coefficient (Wildman–Crippen LogP) is 1.50. The zero-order valence-electron chi connectivity index (χ0n) is 9.62. The quantitative estimate of drug-likeness (QED) is 0.756. The molecule has 1 saturated heterocycles. The molecule has 1 amide bonds. The molecule has 0 aromatic carbocycles. The van der Waals surface area contributed by atoms with Gasteiger partial charge in [-0.05, 0) is 12.8 Å². The molecule has 1 fully saturated rings. The number of hydrogen-bond acceptors (Lipinski definition) is 2. The molecule has 1 atom stereocenters. The van der Waals surface area contributed by atoms with Gasteiger partial charge in [-0.3, -0.25) is 9.59 Å². The molecule has 86 valence electrons. The number of hydrogen-bond donors (Lipinski definition) is 1. The molecule has 1 rings (SSSR count). The highest BCUT2D eigenvalue weighted by Crippen LogP contribution is 2.26. The highest BCUT2D eigenvalue weighted by atomic mass is 16.4. The summed E-state index contributed by atoms with van der Waals surface area (Å²) in [6, 6.07) is -0.103. The average molecular weight is 213 g/mol. The minimum absolute atomic E-state index is 0.0613. The molecule has 0 radical (unpaired) electrons. The fourth-order valence-corrected chi connectivity index (χ4v) is 1.95. The van der Waals surface area contributed by atoms with Crippen molar-refractivity contribution in [1.29, 1.82) is 0 Å². The fraction of sp³-hybridized carbons (Fsp3) is 0.818. The van der Waals surface area contributed by atoms with E-state index in [1.807, 2.05) is 20.8 Å². The highest BCUT2D eigenvalue weighted by Gasteiger charge is 2.35. The first-order valence-electron chi connectivity index (χ1n) is 5.35. The topological polar surface area (TPSA) is 57.6 Å². The number of carbonyl (C=O) groups is 2. The standard InChI is InChI=1S/C11H19NO3/c1-11(2,3)10(15)12-6-4-5-8(12)7-9(13)14/h8H,4-7H2,1-3H3,(H,13,14). The molecule has 1 unspecified atom stereocenters. The van der Waals surface area contributed by atoms with Crippen LogP contribution in [-0.2, 0) is 9.59 Å². The first-order chi connectivity index (χ1) is 6.82. The van der Waals surface area contributed by atoms with Gasteiger partial charge in [-0.1, -0.05) is 20.8 Å². The molecular weight excluding hydrogens is 194 g/mol. The first kappa shape index (κ1) is 12.0. The van der Waals surface area contributed by atoms with E-state index in [1.165, 1.54) is 0 Å². The minimum atomic E-state index is -0.825. The lowest BCUT2D eigenvalue weighted by molar-refractivity contribution is -0.143. The molecule has 0 aromatic heterocycles. The van der Waals surface area contributed by atoms with Gasteiger partial charge in [0.2, 0.25) is 5.91 Å². The fourth-order valence-electron chi connectivity index (χ4n) is 1.95. The summed E-state index contributed by atoms with van der Waals surface area (Å²) in [5.41, 5.74) is -0.416. The largest absolute Gasteiger partial charge is 0.481 e. The Morgan fingerprint density at radius 2 is 2.00 bits per heavy atom. The number of carboxylic acid groups (broad SMARTS) is 1. The van der Waals surface area contributed by atoms with Crippen molar-refractivity contribution in [3.8, 4) is 0 Å². The van der Waals surface area contributed by atoms with Crippen molar-refractivity contribution in [3.05, 3.63) is 0 Å². The number of aliphatic carboxylic acids is 1. The lowest BCUT2D eigenvalue weighted by Gasteiger charge is -2.30. The molecule has 1 aliphatic rings. The van der Waals surface area contributed by atoms with Crippen LogP contribution in [0.1, 0.15) is 40.0 Å². The van der Waals surface area contributed by atoms with Crippen LogP contribution in [0.3, 0.4) is 0 Å². The minimum Gasteiger partial charge on any atom is -0.481 e. The molecule has 4 nitrogen and oxygen atoms in total. The predicted molar refractivity (Wildman–Crippen MR) is 56.4 cm³/mol. The lowest BCUT2D eigenvalue weighted by Crippen LogP contribution is -2.43. The zero-order valence-corrected chi connectivity index (χ0v) is 9.62. The van der Waals surface area contributed by atoms with Crippen molar-refractivity contribution in [2.75, 3.05) is 6.54 Å². The number of rotatable bonds is 2. The maximum absolute atomic E-state index is 12.0. The molecule has 0 aromatic rings. The van der Waals surface area contributed by atoms with Crippen molar-refractivity contribution in [2.24, 2.45) is 5.41 Å². The van der Waals surface area contributed by atoms with Gasteiger partial charge in [-0.25, -0.2) is 0 Å². The van der Waals surface area contributed by atoms with Crippen LogP contribution < -0.4 is 0 Å². The van der Waals surface area contributed by atoms with Gasteiger partial charge in [-0.15, -0.1) is 0 Å². The average Bonchev–Trinajstić information content (AvgIpc) is 2.48. The molecule has 0 spiro atoms. The van der Waals surface area contributed by atoms with Crippen LogP contribution in [0.15, 0.2) is 0 Å². The van der Waals surface area contributed by atoms with Crippen LogP contribution in [0.25, 0.3) is 0 Å². The second-order valence-corrected chi connectivity index (χ2v) is 5.14. The van der Waals surface area contributed by atoms with Crippen LogP contribution >= 0.6 is 0 Å². The van der Waals surface area contributed by atoms with Crippen LogP contribution in [0.5, 0.6) is 0 Å². The van der Waals surface area contributed by atoms with Gasteiger partial charge in [0.15, 0.2) is 0 Å². The Kier molecular flexibility index (Phi) is 3.37. The molecule has 0 bridgehead atoms. The summed E-state index contributed by atoms with van der Waals surface area (Å²) in [4.78, 5) is 24.4. The van der Waals surface area contributed by atoms with Crippen LogP contribution in [0.2, 0.25) is 0 Å². The van der Waals surface area contributed by atoms with Gasteiger partial charge < -0.3 is 10.0 Å². The Balaban J connectivity index is 2.68. The van der Waals surface area contributed by atoms with E-state index in [0.717, 1.165) is 12.8 Å². The van der Waals surface area contributed by atoms with E-state index in [0.29, 0.717) is 6.54 Å². The van der Waals surface area contributed by atoms with E-state index in [2.05, 4.69) is 0 Å². The molecule has 1 aliphatic heterocycles. The Bertz CT molecular complexity index is 267. The molecule has 1 N–H and O–H groups in total. The maximum atomic E-state index is 12.0. The summed E-state index contributed by atoms with van der Waals surface area (Å²) in [7, 11) is 0. The third-order valence-electron chi connectivity index (χ3n) is 2.69. The Labute approximate surface area is 90.3 Å². The van der Waals surface area contributed by atoms with E-state index in [9.17, 15) is 9.59 Å². The first-order valence-corrected chi connectivity index (χ1v) is 5.35. The summed E-state index contributed by atoms with van der Waals surface area (Å²) < 4.78 is 0. The lowest BCUT2D eigenvalue weighted by atomic mass is 9.94. The molecule has 1 heterocycles. The summed E-state index contributed by atoms with van der Waals surface area (Å²) >= 11 is 0. The molecule has 0 aliphatic carbocycles. The van der Waals surface area contributed by atoms with Crippen molar-refractivity contribution in [1.82, 2.24) is 4.90 Å². The smallest absolute Gasteiger partial charge is 0.305 e. The van der Waals surface area contributed by atoms with Crippen LogP contribution in [0, 0.1) is 5.41 Å². The van der Waals surface area contributed by atoms with Gasteiger partial charge in [0.05, 0.1) is 6.42 Å². The van der Waals surface area contributed by atoms with E-state index in [1.54, 1.807) is 4.90 Å². The molecule has 0 saturated carbocycles. The zero-order chi connectivity index (χ0) is 11.6. The Morgan fingerprint density at radius 3 is 2.47 bits per heavy atom. The van der Waals surface area contributed by atoms with Gasteiger partial charge in [0.25, 0.3) is 0 Å². The van der Waals surface area contributed by atoms with Crippen molar-refractivity contribution in [3.63, 3.8) is 0 Å². The van der Waals surface area contributed by atoms with E-state index in [-0.39, 0.29) is 18.4 Å². The second-order valence-electron chi connectivity index (χ2n) is 5.14. The maximum Gasteiger partial charge on any atom is 0.305 e. The van der Waals surface area contributed by atoms with E-state index < -0.39 is 11.4 Å². The number of nitrogens with zero attached hydrogens (tertiary/aromatic N) is 1. The number of carbonyl (C=O) groups excluding carboxylic acids is 1. The van der Waals surface area contributed by atoms with Gasteiger partial charge >= 0.3 is 5.97 Å². The second kappa shape index (κ2) is 4.21. The van der Waals surface area contributed by atoms with Crippen molar-refractivity contribution < 1.29 is 14.7 Å². The van der Waals surface area contributed by atoms with Crippen molar-refractivity contribution >= 4 is 11.9 Å². The van der Waals surface area contributed by atoms with Crippen LogP contribution in [-0.4, -0.2) is 34.5 Å². The number of amides is 1.